The van der Waals surface area contributed by atoms with Gasteiger partial charge in [-0.25, -0.2) is 0 Å². The third-order valence-corrected chi connectivity index (χ3v) is 4.60. The van der Waals surface area contributed by atoms with Gasteiger partial charge in [-0.15, -0.1) is 0 Å². The molecule has 1 amide bonds. The van der Waals surface area contributed by atoms with Crippen LogP contribution in [0.2, 0.25) is 0 Å². The van der Waals surface area contributed by atoms with Crippen LogP contribution in [0.1, 0.15) is 71.1 Å². The lowest BCUT2D eigenvalue weighted by molar-refractivity contribution is -0.132. The molecule has 2 saturated carbocycles. The van der Waals surface area contributed by atoms with Gasteiger partial charge in [-0.3, -0.25) is 4.79 Å². The lowest BCUT2D eigenvalue weighted by atomic mass is 9.87. The van der Waals surface area contributed by atoms with Gasteiger partial charge in [0.15, 0.2) is 0 Å². The maximum absolute atomic E-state index is 11.8. The zero-order chi connectivity index (χ0) is 12.1. The molecule has 2 heteroatoms. The van der Waals surface area contributed by atoms with Gasteiger partial charge >= 0.3 is 0 Å². The number of carbonyl (C=O) groups excluding carboxylic acids is 1. The van der Waals surface area contributed by atoms with Gasteiger partial charge in [-0.1, -0.05) is 38.5 Å². The second-order valence-corrected chi connectivity index (χ2v) is 5.97. The molecule has 0 heterocycles. The molecule has 2 rings (SSSR count). The molecule has 2 nitrogen and oxygen atoms in total. The highest BCUT2D eigenvalue weighted by molar-refractivity contribution is 5.73. The summed E-state index contributed by atoms with van der Waals surface area (Å²) in [6.07, 6.45) is 13.3. The molecule has 0 unspecified atom stereocenters. The minimum absolute atomic E-state index is 0.308. The normalized spacial score (nSPS) is 23.6. The Morgan fingerprint density at radius 3 is 2.00 bits per heavy atom. The zero-order valence-corrected chi connectivity index (χ0v) is 11.3. The molecule has 0 aromatic carbocycles. The summed E-state index contributed by atoms with van der Waals surface area (Å²) >= 11 is 0. The summed E-state index contributed by atoms with van der Waals surface area (Å²) in [6, 6.07) is 0.558. The molecule has 0 N–H and O–H groups in total. The van der Waals surface area contributed by atoms with Crippen LogP contribution in [-0.2, 0) is 4.79 Å². The molecular weight excluding hydrogens is 210 g/mol. The van der Waals surface area contributed by atoms with Gasteiger partial charge < -0.3 is 4.90 Å². The Kier molecular flexibility index (Phi) is 4.87. The van der Waals surface area contributed by atoms with Crippen molar-refractivity contribution in [2.45, 2.75) is 77.2 Å². The van der Waals surface area contributed by atoms with Crippen LogP contribution in [0.3, 0.4) is 0 Å². The van der Waals surface area contributed by atoms with Gasteiger partial charge in [0.1, 0.15) is 0 Å². The van der Waals surface area contributed by atoms with Gasteiger partial charge in [0.25, 0.3) is 0 Å². The Hall–Kier alpha value is -0.530. The minimum atomic E-state index is 0.308. The number of hydrogen-bond acceptors (Lipinski definition) is 1. The molecule has 0 aromatic rings. The summed E-state index contributed by atoms with van der Waals surface area (Å²) < 4.78 is 0. The molecule has 98 valence electrons. The van der Waals surface area contributed by atoms with Crippen molar-refractivity contribution in [2.75, 3.05) is 6.54 Å². The van der Waals surface area contributed by atoms with Crippen LogP contribution in [0, 0.1) is 5.92 Å². The fourth-order valence-corrected chi connectivity index (χ4v) is 3.58. The van der Waals surface area contributed by atoms with Crippen LogP contribution >= 0.6 is 0 Å². The van der Waals surface area contributed by atoms with Crippen LogP contribution in [0.15, 0.2) is 0 Å². The van der Waals surface area contributed by atoms with Crippen LogP contribution in [0.25, 0.3) is 0 Å². The summed E-state index contributed by atoms with van der Waals surface area (Å²) in [4.78, 5) is 14.0. The van der Waals surface area contributed by atoms with Crippen molar-refractivity contribution in [3.63, 3.8) is 0 Å². The largest absolute Gasteiger partial charge is 0.340 e. The third-order valence-electron chi connectivity index (χ3n) is 4.60. The van der Waals surface area contributed by atoms with E-state index in [9.17, 15) is 4.79 Å². The number of amides is 1. The molecule has 0 aliphatic heterocycles. The number of hydrogen-bond donors (Lipinski definition) is 0. The summed E-state index contributed by atoms with van der Waals surface area (Å²) in [5, 5.41) is 0. The van der Waals surface area contributed by atoms with Crippen molar-refractivity contribution in [3.8, 4) is 0 Å². The molecule has 2 fully saturated rings. The molecular formula is C15H27NO. The first-order valence-electron chi connectivity index (χ1n) is 7.54. The number of rotatable bonds is 3. The van der Waals surface area contributed by atoms with E-state index in [1.807, 2.05) is 0 Å². The lowest BCUT2D eigenvalue weighted by Gasteiger charge is -2.37. The summed E-state index contributed by atoms with van der Waals surface area (Å²) in [5.41, 5.74) is 0. The van der Waals surface area contributed by atoms with Crippen molar-refractivity contribution in [1.29, 1.82) is 0 Å². The standard InChI is InChI=1S/C15H27NO/c1-13(17)16(15-10-6-3-7-11-15)12-14-8-4-2-5-9-14/h14-15H,2-12H2,1H3. The maximum atomic E-state index is 11.8. The van der Waals surface area contributed by atoms with E-state index in [1.54, 1.807) is 6.92 Å². The van der Waals surface area contributed by atoms with Gasteiger partial charge in [0.05, 0.1) is 0 Å². The smallest absolute Gasteiger partial charge is 0.219 e. The van der Waals surface area contributed by atoms with Gasteiger partial charge in [0, 0.05) is 19.5 Å². The summed E-state index contributed by atoms with van der Waals surface area (Å²) in [7, 11) is 0. The van der Waals surface area contributed by atoms with Crippen molar-refractivity contribution < 1.29 is 4.79 Å². The maximum Gasteiger partial charge on any atom is 0.219 e. The van der Waals surface area contributed by atoms with E-state index in [0.717, 1.165) is 12.5 Å². The Balaban J connectivity index is 1.88. The minimum Gasteiger partial charge on any atom is -0.340 e. The lowest BCUT2D eigenvalue weighted by Crippen LogP contribution is -2.43. The van der Waals surface area contributed by atoms with E-state index in [1.165, 1.54) is 64.2 Å². The Morgan fingerprint density at radius 1 is 0.941 bits per heavy atom. The topological polar surface area (TPSA) is 20.3 Å². The quantitative estimate of drug-likeness (QED) is 0.732. The van der Waals surface area contributed by atoms with Crippen LogP contribution in [0.5, 0.6) is 0 Å². The highest BCUT2D eigenvalue weighted by atomic mass is 16.2. The average Bonchev–Trinajstić information content (AvgIpc) is 2.38. The van der Waals surface area contributed by atoms with E-state index in [4.69, 9.17) is 0 Å². The first kappa shape index (κ1) is 12.9. The number of nitrogens with zero attached hydrogens (tertiary/aromatic N) is 1. The van der Waals surface area contributed by atoms with E-state index < -0.39 is 0 Å². The van der Waals surface area contributed by atoms with Crippen molar-refractivity contribution >= 4 is 5.91 Å². The van der Waals surface area contributed by atoms with Crippen molar-refractivity contribution in [3.05, 3.63) is 0 Å². The average molecular weight is 237 g/mol. The molecule has 0 spiro atoms. The molecule has 0 atom stereocenters. The van der Waals surface area contributed by atoms with E-state index in [2.05, 4.69) is 4.90 Å². The third kappa shape index (κ3) is 3.72. The van der Waals surface area contributed by atoms with Crippen molar-refractivity contribution in [2.24, 2.45) is 5.92 Å². The highest BCUT2D eigenvalue weighted by Crippen LogP contribution is 2.28. The highest BCUT2D eigenvalue weighted by Gasteiger charge is 2.26. The summed E-state index contributed by atoms with van der Waals surface area (Å²) in [6.45, 7) is 2.80. The zero-order valence-electron chi connectivity index (χ0n) is 11.3. The van der Waals surface area contributed by atoms with Crippen molar-refractivity contribution in [1.82, 2.24) is 4.90 Å². The van der Waals surface area contributed by atoms with E-state index in [0.29, 0.717) is 11.9 Å². The SMILES string of the molecule is CC(=O)N(CC1CCCCC1)C1CCCCC1. The van der Waals surface area contributed by atoms with Crippen LogP contribution in [-0.4, -0.2) is 23.4 Å². The first-order chi connectivity index (χ1) is 8.27. The molecule has 2 aliphatic rings. The Labute approximate surface area is 106 Å². The predicted molar refractivity (Wildman–Crippen MR) is 70.8 cm³/mol. The molecule has 0 saturated heterocycles. The van der Waals surface area contributed by atoms with Crippen LogP contribution < -0.4 is 0 Å². The van der Waals surface area contributed by atoms with Gasteiger partial charge in [0.2, 0.25) is 5.91 Å². The second-order valence-electron chi connectivity index (χ2n) is 5.97. The second kappa shape index (κ2) is 6.42. The molecule has 17 heavy (non-hydrogen) atoms. The van der Waals surface area contributed by atoms with E-state index >= 15 is 0 Å². The monoisotopic (exact) mass is 237 g/mol. The Morgan fingerprint density at radius 2 is 1.47 bits per heavy atom. The number of carbonyl (C=O) groups is 1. The van der Waals surface area contributed by atoms with Gasteiger partial charge in [-0.05, 0) is 31.6 Å². The van der Waals surface area contributed by atoms with Gasteiger partial charge in [-0.2, -0.15) is 0 Å². The van der Waals surface area contributed by atoms with Crippen LogP contribution in [0.4, 0.5) is 0 Å². The molecule has 0 aromatic heterocycles. The fraction of sp³-hybridized carbons (Fsp3) is 0.933. The molecule has 2 aliphatic carbocycles. The molecule has 0 bridgehead atoms. The fourth-order valence-electron chi connectivity index (χ4n) is 3.58. The van der Waals surface area contributed by atoms with E-state index in [-0.39, 0.29) is 0 Å². The predicted octanol–water partition coefficient (Wildman–Crippen LogP) is 3.75. The Bertz CT molecular complexity index is 239. The first-order valence-corrected chi connectivity index (χ1v) is 7.54. The molecule has 0 radical (unpaired) electrons. The summed E-state index contributed by atoms with van der Waals surface area (Å²) in [5.74, 6) is 1.09.